The molecule has 3 heteroatoms. The molecule has 17 heavy (non-hydrogen) atoms. The van der Waals surface area contributed by atoms with Gasteiger partial charge in [0.2, 0.25) is 0 Å². The summed E-state index contributed by atoms with van der Waals surface area (Å²) in [4.78, 5) is 0. The first-order valence-corrected chi connectivity index (χ1v) is 6.23. The van der Waals surface area contributed by atoms with Gasteiger partial charge in [-0.05, 0) is 38.0 Å². The number of benzene rings is 1. The van der Waals surface area contributed by atoms with Crippen molar-refractivity contribution in [2.24, 2.45) is 5.73 Å². The third kappa shape index (κ3) is 5.20. The van der Waals surface area contributed by atoms with Crippen LogP contribution in [0.3, 0.4) is 0 Å². The molecule has 0 heterocycles. The van der Waals surface area contributed by atoms with E-state index in [9.17, 15) is 0 Å². The summed E-state index contributed by atoms with van der Waals surface area (Å²) in [6, 6.07) is 7.84. The van der Waals surface area contributed by atoms with Crippen molar-refractivity contribution in [3.05, 3.63) is 29.8 Å². The molecule has 0 aliphatic heterocycles. The maximum absolute atomic E-state index is 6.03. The van der Waals surface area contributed by atoms with E-state index in [-0.39, 0.29) is 12.1 Å². The van der Waals surface area contributed by atoms with Crippen molar-refractivity contribution in [2.75, 3.05) is 13.2 Å². The van der Waals surface area contributed by atoms with E-state index < -0.39 is 0 Å². The summed E-state index contributed by atoms with van der Waals surface area (Å²) in [5, 5.41) is 0. The Morgan fingerprint density at radius 3 is 2.35 bits per heavy atom. The van der Waals surface area contributed by atoms with Gasteiger partial charge in [-0.1, -0.05) is 19.1 Å². The monoisotopic (exact) mass is 237 g/mol. The van der Waals surface area contributed by atoms with Crippen molar-refractivity contribution >= 4 is 0 Å². The molecule has 96 valence electrons. The van der Waals surface area contributed by atoms with Crippen molar-refractivity contribution in [3.8, 4) is 5.75 Å². The van der Waals surface area contributed by atoms with Crippen molar-refractivity contribution < 1.29 is 9.47 Å². The first-order chi connectivity index (χ1) is 8.13. The standard InChI is InChI=1S/C14H23NO2/c1-4-9-16-13-7-5-12(6-8-13)14(15)10-17-11(2)3/h5-8,11,14H,4,9-10,15H2,1-3H3. The molecule has 1 rings (SSSR count). The van der Waals surface area contributed by atoms with Gasteiger partial charge in [-0.2, -0.15) is 0 Å². The SMILES string of the molecule is CCCOc1ccc(C(N)COC(C)C)cc1. The van der Waals surface area contributed by atoms with Gasteiger partial charge in [0, 0.05) is 0 Å². The Hall–Kier alpha value is -1.06. The fraction of sp³-hybridized carbons (Fsp3) is 0.571. The lowest BCUT2D eigenvalue weighted by Gasteiger charge is -2.15. The number of rotatable bonds is 7. The largest absolute Gasteiger partial charge is 0.494 e. The number of nitrogens with two attached hydrogens (primary N) is 1. The third-order valence-electron chi connectivity index (χ3n) is 2.39. The van der Waals surface area contributed by atoms with E-state index >= 15 is 0 Å². The molecule has 0 saturated carbocycles. The van der Waals surface area contributed by atoms with Crippen molar-refractivity contribution in [2.45, 2.75) is 39.3 Å². The smallest absolute Gasteiger partial charge is 0.119 e. The minimum atomic E-state index is -0.0716. The molecule has 1 aromatic rings. The zero-order valence-electron chi connectivity index (χ0n) is 11.0. The summed E-state index contributed by atoms with van der Waals surface area (Å²) in [5.41, 5.74) is 7.11. The maximum Gasteiger partial charge on any atom is 0.119 e. The number of hydrogen-bond acceptors (Lipinski definition) is 3. The highest BCUT2D eigenvalue weighted by Crippen LogP contribution is 2.17. The van der Waals surface area contributed by atoms with E-state index in [1.807, 2.05) is 38.1 Å². The van der Waals surface area contributed by atoms with E-state index in [0.29, 0.717) is 6.61 Å². The lowest BCUT2D eigenvalue weighted by molar-refractivity contribution is 0.0683. The fourth-order valence-electron chi connectivity index (χ4n) is 1.42. The Labute approximate surface area is 104 Å². The van der Waals surface area contributed by atoms with Gasteiger partial charge in [-0.25, -0.2) is 0 Å². The van der Waals surface area contributed by atoms with Crippen molar-refractivity contribution in [1.82, 2.24) is 0 Å². The van der Waals surface area contributed by atoms with E-state index in [0.717, 1.165) is 24.3 Å². The van der Waals surface area contributed by atoms with Gasteiger partial charge < -0.3 is 15.2 Å². The van der Waals surface area contributed by atoms with Crippen molar-refractivity contribution in [1.29, 1.82) is 0 Å². The predicted molar refractivity (Wildman–Crippen MR) is 70.2 cm³/mol. The van der Waals surface area contributed by atoms with Gasteiger partial charge in [0.05, 0.1) is 25.4 Å². The van der Waals surface area contributed by atoms with Gasteiger partial charge in [-0.3, -0.25) is 0 Å². The molecule has 0 fully saturated rings. The molecule has 0 amide bonds. The Balaban J connectivity index is 2.48. The summed E-state index contributed by atoms with van der Waals surface area (Å²) in [6.07, 6.45) is 1.23. The molecular weight excluding hydrogens is 214 g/mol. The minimum absolute atomic E-state index is 0.0716. The molecule has 0 radical (unpaired) electrons. The highest BCUT2D eigenvalue weighted by Gasteiger charge is 2.07. The fourth-order valence-corrected chi connectivity index (χ4v) is 1.42. The van der Waals surface area contributed by atoms with Crippen LogP contribution in [-0.2, 0) is 4.74 Å². The van der Waals surface area contributed by atoms with Crippen molar-refractivity contribution in [3.63, 3.8) is 0 Å². The number of ether oxygens (including phenoxy) is 2. The molecule has 1 unspecified atom stereocenters. The highest BCUT2D eigenvalue weighted by molar-refractivity contribution is 5.29. The number of hydrogen-bond donors (Lipinski definition) is 1. The normalized spacial score (nSPS) is 12.8. The lowest BCUT2D eigenvalue weighted by Crippen LogP contribution is -2.19. The zero-order chi connectivity index (χ0) is 12.7. The summed E-state index contributed by atoms with van der Waals surface area (Å²) < 4.78 is 11.0. The average Bonchev–Trinajstić information content (AvgIpc) is 2.34. The lowest BCUT2D eigenvalue weighted by atomic mass is 10.1. The van der Waals surface area contributed by atoms with E-state index in [1.54, 1.807) is 0 Å². The van der Waals surface area contributed by atoms with Crippen LogP contribution in [0.25, 0.3) is 0 Å². The second-order valence-corrected chi connectivity index (χ2v) is 4.41. The molecule has 0 spiro atoms. The summed E-state index contributed by atoms with van der Waals surface area (Å²) >= 11 is 0. The summed E-state index contributed by atoms with van der Waals surface area (Å²) in [5.74, 6) is 0.896. The molecule has 0 aliphatic carbocycles. The second kappa shape index (κ2) is 7.30. The van der Waals surface area contributed by atoms with Crippen LogP contribution in [-0.4, -0.2) is 19.3 Å². The van der Waals surface area contributed by atoms with Gasteiger partial charge in [0.15, 0.2) is 0 Å². The maximum atomic E-state index is 6.03. The molecule has 1 aromatic carbocycles. The Morgan fingerprint density at radius 2 is 1.82 bits per heavy atom. The van der Waals surface area contributed by atoms with E-state index in [2.05, 4.69) is 6.92 Å². The molecule has 3 nitrogen and oxygen atoms in total. The molecule has 0 saturated heterocycles. The van der Waals surface area contributed by atoms with Gasteiger partial charge in [0.25, 0.3) is 0 Å². The van der Waals surface area contributed by atoms with Crippen LogP contribution in [0.2, 0.25) is 0 Å². The van der Waals surface area contributed by atoms with E-state index in [4.69, 9.17) is 15.2 Å². The third-order valence-corrected chi connectivity index (χ3v) is 2.39. The van der Waals surface area contributed by atoms with Crippen LogP contribution in [0.4, 0.5) is 0 Å². The first kappa shape index (κ1) is 14.0. The Bertz CT molecular complexity index is 309. The Kier molecular flexibility index (Phi) is 6.01. The topological polar surface area (TPSA) is 44.5 Å². The van der Waals surface area contributed by atoms with Crippen LogP contribution in [0.5, 0.6) is 5.75 Å². The summed E-state index contributed by atoms with van der Waals surface area (Å²) in [7, 11) is 0. The van der Waals surface area contributed by atoms with Crippen LogP contribution < -0.4 is 10.5 Å². The molecule has 0 aliphatic rings. The molecular formula is C14H23NO2. The highest BCUT2D eigenvalue weighted by atomic mass is 16.5. The zero-order valence-corrected chi connectivity index (χ0v) is 11.0. The molecule has 0 aromatic heterocycles. The van der Waals surface area contributed by atoms with Gasteiger partial charge >= 0.3 is 0 Å². The van der Waals surface area contributed by atoms with Crippen LogP contribution in [0.15, 0.2) is 24.3 Å². The predicted octanol–water partition coefficient (Wildman–Crippen LogP) is 2.90. The van der Waals surface area contributed by atoms with E-state index in [1.165, 1.54) is 0 Å². The van der Waals surface area contributed by atoms with Crippen LogP contribution in [0.1, 0.15) is 38.8 Å². The molecule has 1 atom stereocenters. The Morgan fingerprint density at radius 1 is 1.18 bits per heavy atom. The van der Waals surface area contributed by atoms with Crippen LogP contribution in [0, 0.1) is 0 Å². The second-order valence-electron chi connectivity index (χ2n) is 4.41. The first-order valence-electron chi connectivity index (χ1n) is 6.23. The van der Waals surface area contributed by atoms with Crippen LogP contribution >= 0.6 is 0 Å². The molecule has 2 N–H and O–H groups in total. The van der Waals surface area contributed by atoms with Gasteiger partial charge in [0.1, 0.15) is 5.75 Å². The quantitative estimate of drug-likeness (QED) is 0.793. The van der Waals surface area contributed by atoms with Gasteiger partial charge in [-0.15, -0.1) is 0 Å². The minimum Gasteiger partial charge on any atom is -0.494 e. The average molecular weight is 237 g/mol. The summed E-state index contributed by atoms with van der Waals surface area (Å²) in [6.45, 7) is 7.41. The molecule has 0 bridgehead atoms.